The van der Waals surface area contributed by atoms with Gasteiger partial charge in [0, 0.05) is 24.8 Å². The van der Waals surface area contributed by atoms with E-state index in [1.807, 2.05) is 59.3 Å². The fourth-order valence-electron chi connectivity index (χ4n) is 4.17. The van der Waals surface area contributed by atoms with E-state index >= 15 is 0 Å². The summed E-state index contributed by atoms with van der Waals surface area (Å²) in [4.78, 5) is 22.2. The number of aromatic nitrogens is 4. The molecule has 8 heteroatoms. The predicted octanol–water partition coefficient (Wildman–Crippen LogP) is 4.93. The number of carbonyl (C=O) groups excluding carboxylic acids is 1. The summed E-state index contributed by atoms with van der Waals surface area (Å²) in [5.74, 6) is -0.125. The Labute approximate surface area is 190 Å². The lowest BCUT2D eigenvalue weighted by Crippen LogP contribution is -2.41. The second kappa shape index (κ2) is 8.82. The number of ether oxygens (including phenoxy) is 1. The fourth-order valence-corrected chi connectivity index (χ4v) is 4.17. The number of nitrogens with zero attached hydrogens (tertiary/aromatic N) is 5. The van der Waals surface area contributed by atoms with E-state index in [-0.39, 0.29) is 6.04 Å². The van der Waals surface area contributed by atoms with Crippen LogP contribution in [-0.2, 0) is 4.79 Å². The van der Waals surface area contributed by atoms with Crippen LogP contribution < -0.4 is 4.74 Å². The number of rotatable bonds is 5. The Morgan fingerprint density at radius 2 is 1.85 bits per heavy atom. The average molecular weight is 443 g/mol. The van der Waals surface area contributed by atoms with Crippen molar-refractivity contribution in [1.82, 2.24) is 24.6 Å². The lowest BCUT2D eigenvalue weighted by atomic mass is 10.1. The highest BCUT2D eigenvalue weighted by molar-refractivity contribution is 5.91. The Balaban J connectivity index is 1.45. The van der Waals surface area contributed by atoms with Gasteiger partial charge in [-0.1, -0.05) is 24.8 Å². The quantitative estimate of drug-likeness (QED) is 0.409. The van der Waals surface area contributed by atoms with Gasteiger partial charge in [-0.05, 0) is 49.2 Å². The number of hydrogen-bond donors (Lipinski definition) is 0. The van der Waals surface area contributed by atoms with Crippen LogP contribution in [0.25, 0.3) is 22.3 Å². The minimum absolute atomic E-state index is 0.117. The zero-order valence-electron chi connectivity index (χ0n) is 17.9. The van der Waals surface area contributed by atoms with Crippen molar-refractivity contribution in [3.63, 3.8) is 0 Å². The summed E-state index contributed by atoms with van der Waals surface area (Å²) in [6.45, 7) is 4.00. The minimum Gasteiger partial charge on any atom is -0.457 e. The molecular formula is C25H22FN5O2. The van der Waals surface area contributed by atoms with Crippen molar-refractivity contribution in [1.29, 1.82) is 0 Å². The summed E-state index contributed by atoms with van der Waals surface area (Å²) in [5.41, 5.74) is 2.33. The topological polar surface area (TPSA) is 73.1 Å². The zero-order chi connectivity index (χ0) is 22.8. The number of carbonyl (C=O) groups is 1. The van der Waals surface area contributed by atoms with E-state index < -0.39 is 11.7 Å². The van der Waals surface area contributed by atoms with Gasteiger partial charge in [0.05, 0.1) is 11.4 Å². The standard InChI is InChI=1S/C25H22FN5O2/c1-17(26)25(32)30-13-5-6-19(15-30)31-24-22(14-27-16-28-24)23(29-31)18-9-11-21(12-10-18)33-20-7-3-2-4-8-20/h2-4,7-12,14,16,19H,1,5-6,13,15H2. The average Bonchev–Trinajstić information content (AvgIpc) is 3.24. The molecule has 1 amide bonds. The maximum Gasteiger partial charge on any atom is 0.282 e. The maximum atomic E-state index is 13.4. The number of para-hydroxylation sites is 1. The molecule has 3 heterocycles. The molecule has 1 fully saturated rings. The fraction of sp³-hybridized carbons (Fsp3) is 0.200. The Morgan fingerprint density at radius 3 is 2.61 bits per heavy atom. The van der Waals surface area contributed by atoms with E-state index in [9.17, 15) is 9.18 Å². The smallest absolute Gasteiger partial charge is 0.282 e. The van der Waals surface area contributed by atoms with E-state index in [0.717, 1.165) is 41.0 Å². The number of benzene rings is 2. The third-order valence-corrected chi connectivity index (χ3v) is 5.74. The highest BCUT2D eigenvalue weighted by Gasteiger charge is 2.29. The van der Waals surface area contributed by atoms with Crippen molar-refractivity contribution in [3.05, 3.63) is 79.5 Å². The van der Waals surface area contributed by atoms with Gasteiger partial charge in [0.1, 0.15) is 23.5 Å². The molecule has 1 aliphatic heterocycles. The predicted molar refractivity (Wildman–Crippen MR) is 122 cm³/mol. The van der Waals surface area contributed by atoms with Crippen LogP contribution in [0.4, 0.5) is 4.39 Å². The van der Waals surface area contributed by atoms with Crippen molar-refractivity contribution in [2.24, 2.45) is 0 Å². The molecule has 0 aliphatic carbocycles. The van der Waals surface area contributed by atoms with Gasteiger partial charge in [0.2, 0.25) is 0 Å². The molecule has 7 nitrogen and oxygen atoms in total. The molecule has 2 aromatic heterocycles. The van der Waals surface area contributed by atoms with Crippen LogP contribution in [0, 0.1) is 0 Å². The number of fused-ring (bicyclic) bond motifs is 1. The third-order valence-electron chi connectivity index (χ3n) is 5.74. The molecule has 0 spiro atoms. The van der Waals surface area contributed by atoms with E-state index in [1.54, 1.807) is 6.20 Å². The van der Waals surface area contributed by atoms with Gasteiger partial charge in [-0.25, -0.2) is 19.0 Å². The van der Waals surface area contributed by atoms with E-state index in [1.165, 1.54) is 11.2 Å². The minimum atomic E-state index is -0.943. The third kappa shape index (κ3) is 4.19. The molecule has 2 aromatic carbocycles. The van der Waals surface area contributed by atoms with E-state index in [0.29, 0.717) is 18.7 Å². The maximum absolute atomic E-state index is 13.4. The second-order valence-corrected chi connectivity index (χ2v) is 7.94. The molecule has 166 valence electrons. The molecule has 1 atom stereocenters. The molecule has 33 heavy (non-hydrogen) atoms. The molecule has 4 aromatic rings. The summed E-state index contributed by atoms with van der Waals surface area (Å²) in [6, 6.07) is 17.1. The van der Waals surface area contributed by atoms with Crippen molar-refractivity contribution < 1.29 is 13.9 Å². The highest BCUT2D eigenvalue weighted by atomic mass is 19.1. The van der Waals surface area contributed by atoms with Gasteiger partial charge in [0.15, 0.2) is 11.5 Å². The van der Waals surface area contributed by atoms with Gasteiger partial charge in [-0.3, -0.25) is 4.79 Å². The van der Waals surface area contributed by atoms with Crippen LogP contribution in [0.15, 0.2) is 79.5 Å². The van der Waals surface area contributed by atoms with Crippen LogP contribution in [-0.4, -0.2) is 43.6 Å². The monoisotopic (exact) mass is 443 g/mol. The van der Waals surface area contributed by atoms with Gasteiger partial charge in [0.25, 0.3) is 5.91 Å². The van der Waals surface area contributed by atoms with Crippen LogP contribution in [0.1, 0.15) is 18.9 Å². The lowest BCUT2D eigenvalue weighted by molar-refractivity contribution is -0.130. The first-order chi connectivity index (χ1) is 16.1. The van der Waals surface area contributed by atoms with E-state index in [2.05, 4.69) is 16.5 Å². The summed E-state index contributed by atoms with van der Waals surface area (Å²) in [5, 5.41) is 5.67. The highest BCUT2D eigenvalue weighted by Crippen LogP contribution is 2.32. The summed E-state index contributed by atoms with van der Waals surface area (Å²) in [6.07, 6.45) is 4.78. The number of likely N-dealkylation sites (tertiary alicyclic amines) is 1. The molecule has 1 aliphatic rings. The summed E-state index contributed by atoms with van der Waals surface area (Å²) >= 11 is 0. The Kier molecular flexibility index (Phi) is 5.56. The van der Waals surface area contributed by atoms with Crippen LogP contribution in [0.5, 0.6) is 11.5 Å². The first-order valence-corrected chi connectivity index (χ1v) is 10.8. The molecule has 0 saturated carbocycles. The first-order valence-electron chi connectivity index (χ1n) is 10.8. The number of hydrogen-bond acceptors (Lipinski definition) is 5. The molecular weight excluding hydrogens is 421 g/mol. The largest absolute Gasteiger partial charge is 0.457 e. The van der Waals surface area contributed by atoms with Crippen LogP contribution in [0.3, 0.4) is 0 Å². The number of piperidine rings is 1. The van der Waals surface area contributed by atoms with Crippen molar-refractivity contribution in [3.8, 4) is 22.8 Å². The van der Waals surface area contributed by atoms with Crippen LogP contribution >= 0.6 is 0 Å². The Bertz CT molecular complexity index is 1300. The van der Waals surface area contributed by atoms with Gasteiger partial charge in [-0.2, -0.15) is 5.10 Å². The summed E-state index contributed by atoms with van der Waals surface area (Å²) in [7, 11) is 0. The second-order valence-electron chi connectivity index (χ2n) is 7.94. The zero-order valence-corrected chi connectivity index (χ0v) is 17.9. The molecule has 1 unspecified atom stereocenters. The molecule has 1 saturated heterocycles. The van der Waals surface area contributed by atoms with Gasteiger partial charge >= 0.3 is 0 Å². The molecule has 0 N–H and O–H groups in total. The SMILES string of the molecule is C=C(F)C(=O)N1CCCC(n2nc(-c3ccc(Oc4ccccc4)cc3)c3cncnc32)C1. The lowest BCUT2D eigenvalue weighted by Gasteiger charge is -2.32. The number of amides is 1. The first kappa shape index (κ1) is 20.8. The molecule has 5 rings (SSSR count). The number of halogens is 1. The Morgan fingerprint density at radius 1 is 1.09 bits per heavy atom. The van der Waals surface area contributed by atoms with Crippen molar-refractivity contribution in [2.45, 2.75) is 18.9 Å². The molecule has 0 radical (unpaired) electrons. The normalized spacial score (nSPS) is 16.0. The van der Waals surface area contributed by atoms with Crippen LogP contribution in [0.2, 0.25) is 0 Å². The van der Waals surface area contributed by atoms with Gasteiger partial charge in [-0.15, -0.1) is 0 Å². The molecule has 0 bridgehead atoms. The van der Waals surface area contributed by atoms with E-state index in [4.69, 9.17) is 9.84 Å². The van der Waals surface area contributed by atoms with Crippen molar-refractivity contribution >= 4 is 16.9 Å². The summed E-state index contributed by atoms with van der Waals surface area (Å²) < 4.78 is 21.1. The Hall–Kier alpha value is -4.07. The van der Waals surface area contributed by atoms with Crippen molar-refractivity contribution in [2.75, 3.05) is 13.1 Å². The van der Waals surface area contributed by atoms with Gasteiger partial charge < -0.3 is 9.64 Å².